The van der Waals surface area contributed by atoms with Gasteiger partial charge in [0.1, 0.15) is 10.4 Å². The summed E-state index contributed by atoms with van der Waals surface area (Å²) in [6.45, 7) is 14.8. The zero-order valence-electron chi connectivity index (χ0n) is 36.1. The minimum absolute atomic E-state index is 0.0213. The van der Waals surface area contributed by atoms with Crippen molar-refractivity contribution in [3.05, 3.63) is 105 Å². The second-order valence-electron chi connectivity index (χ2n) is 15.9. The van der Waals surface area contributed by atoms with Crippen LogP contribution >= 0.6 is 82.0 Å². The summed E-state index contributed by atoms with van der Waals surface area (Å²) in [7, 11) is 7.44. The van der Waals surface area contributed by atoms with E-state index in [2.05, 4.69) is 48.8 Å². The Labute approximate surface area is 395 Å². The molecular formula is C44H57Cl5N4O6S2. The first kappa shape index (κ1) is 54.5. The molecule has 2 aromatic rings. The molecule has 3 aliphatic rings. The lowest BCUT2D eigenvalue weighted by Gasteiger charge is -2.31. The van der Waals surface area contributed by atoms with Crippen molar-refractivity contribution in [2.75, 3.05) is 40.7 Å². The molecule has 61 heavy (non-hydrogen) atoms. The number of nitrogens with one attached hydrogen (secondary N) is 1. The first-order valence-electron chi connectivity index (χ1n) is 19.3. The molecule has 1 amide bonds. The number of allylic oxidation sites excluding steroid dienone is 4. The number of carbonyl (C=O) groups is 4. The minimum Gasteiger partial charge on any atom is -0.481 e. The Bertz CT molecular complexity index is 1870. The molecule has 17 heteroatoms. The number of hydrogen-bond donors (Lipinski definition) is 2. The number of esters is 1. The highest BCUT2D eigenvalue weighted by atomic mass is 35.6. The largest absolute Gasteiger partial charge is 0.481 e. The molecule has 1 saturated carbocycles. The van der Waals surface area contributed by atoms with Gasteiger partial charge in [-0.2, -0.15) is 0 Å². The topological polar surface area (TPSA) is 119 Å². The van der Waals surface area contributed by atoms with E-state index < -0.39 is 15.9 Å². The second-order valence-corrected chi connectivity index (χ2v) is 20.7. The number of ether oxygens (including phenoxy) is 1. The quantitative estimate of drug-likeness (QED) is 0.0736. The molecule has 5 rings (SSSR count). The lowest BCUT2D eigenvalue weighted by molar-refractivity contribution is -0.150. The van der Waals surface area contributed by atoms with Crippen molar-refractivity contribution in [2.24, 2.45) is 17.3 Å². The number of carboxylic acid groups (broad SMARTS) is 1. The summed E-state index contributed by atoms with van der Waals surface area (Å²) in [5.41, 5.74) is 6.99. The van der Waals surface area contributed by atoms with Gasteiger partial charge in [0.15, 0.2) is 5.78 Å². The summed E-state index contributed by atoms with van der Waals surface area (Å²) < 4.78 is 5.21. The van der Waals surface area contributed by atoms with Gasteiger partial charge in [0.2, 0.25) is 9.70 Å². The fourth-order valence-corrected chi connectivity index (χ4v) is 8.48. The Kier molecular flexibility index (Phi) is 22.3. The van der Waals surface area contributed by atoms with Crippen molar-refractivity contribution in [1.82, 2.24) is 20.2 Å². The molecule has 1 heterocycles. The summed E-state index contributed by atoms with van der Waals surface area (Å²) >= 11 is 36.9. The SMILES string of the molecule is C=CCC1=C(C)C(OC(=O)C2C(C=C(C)C)C2(C)C)CC1=O.CN(C)NC(=O)CCC(=O)O.CN1CSC(=S)N(C)C1.Clc1ccc(C(c2ccc(Cl)cc2)C(Cl)(Cl)Cl)cc1. The molecule has 2 N–H and O–H groups in total. The van der Waals surface area contributed by atoms with Gasteiger partial charge in [0.25, 0.3) is 0 Å². The molecule has 1 aliphatic heterocycles. The molecule has 336 valence electrons. The number of rotatable bonds is 11. The number of alkyl halides is 3. The molecule has 2 fully saturated rings. The second kappa shape index (κ2) is 25.0. The number of amides is 1. The van der Waals surface area contributed by atoms with E-state index in [1.165, 1.54) is 10.6 Å². The molecule has 2 aromatic carbocycles. The summed E-state index contributed by atoms with van der Waals surface area (Å²) in [6.07, 6.45) is 4.20. The summed E-state index contributed by atoms with van der Waals surface area (Å²) in [4.78, 5) is 49.5. The molecule has 1 saturated heterocycles. The van der Waals surface area contributed by atoms with Crippen LogP contribution in [0.5, 0.6) is 0 Å². The van der Waals surface area contributed by atoms with Gasteiger partial charge in [-0.1, -0.05) is 138 Å². The molecule has 0 aromatic heterocycles. The molecule has 0 spiro atoms. The highest BCUT2D eigenvalue weighted by Crippen LogP contribution is 2.60. The maximum atomic E-state index is 12.5. The van der Waals surface area contributed by atoms with E-state index in [4.69, 9.17) is 80.1 Å². The standard InChI is InChI=1S/C19H26O3.C14H9Cl5.C6H12N2O3.C5H10N2S2/c1-7-8-13-12(4)16(10-15(13)20)22-18(21)17-14(9-11(2)3)19(17,5)6;15-11-5-1-9(2-6-11)13(14(17,18)19)10-3-7-12(16)8-4-10;1-8(2)7-5(9)3-4-6(10)11;1-6-3-7(2)5(8)9-4-6/h7,9,14,16-17H,1,8,10H2,2-6H3;1-8,13H;3-4H2,1-2H3,(H,7,9)(H,10,11);3-4H2,1-2H3. The lowest BCUT2D eigenvalue weighted by atomic mass is 9.92. The summed E-state index contributed by atoms with van der Waals surface area (Å²) in [6, 6.07) is 14.5. The average molecular weight is 979 g/mol. The zero-order valence-corrected chi connectivity index (χ0v) is 41.5. The van der Waals surface area contributed by atoms with E-state index in [0.717, 1.165) is 39.1 Å². The third kappa shape index (κ3) is 18.2. The number of thioether (sulfide) groups is 1. The van der Waals surface area contributed by atoms with E-state index in [0.29, 0.717) is 16.5 Å². The minimum atomic E-state index is -1.46. The third-order valence-corrected chi connectivity index (χ3v) is 12.7. The smallest absolute Gasteiger partial charge is 0.310 e. The van der Waals surface area contributed by atoms with Gasteiger partial charge in [0.05, 0.1) is 37.2 Å². The summed E-state index contributed by atoms with van der Waals surface area (Å²) in [5.74, 6) is -0.560. The van der Waals surface area contributed by atoms with E-state index in [1.807, 2.05) is 52.1 Å². The van der Waals surface area contributed by atoms with Crippen LogP contribution in [0.2, 0.25) is 10.0 Å². The van der Waals surface area contributed by atoms with Crippen LogP contribution in [0.25, 0.3) is 0 Å². The highest BCUT2D eigenvalue weighted by Gasteiger charge is 2.61. The van der Waals surface area contributed by atoms with Crippen LogP contribution in [0.15, 0.2) is 84.0 Å². The van der Waals surface area contributed by atoms with E-state index in [1.54, 1.807) is 56.2 Å². The molecule has 3 atom stereocenters. The average Bonchev–Trinajstić information content (AvgIpc) is 3.58. The van der Waals surface area contributed by atoms with Gasteiger partial charge in [-0.25, -0.2) is 5.01 Å². The first-order valence-corrected chi connectivity index (χ1v) is 22.6. The van der Waals surface area contributed by atoms with E-state index >= 15 is 0 Å². The van der Waals surface area contributed by atoms with Crippen LogP contribution in [-0.2, 0) is 23.9 Å². The Hall–Kier alpha value is -2.65. The maximum Gasteiger partial charge on any atom is 0.310 e. The number of nitrogens with zero attached hydrogens (tertiary/aromatic N) is 3. The fourth-order valence-electron chi connectivity index (χ4n) is 6.56. The zero-order chi connectivity index (χ0) is 46.4. The predicted octanol–water partition coefficient (Wildman–Crippen LogP) is 10.7. The first-order chi connectivity index (χ1) is 28.3. The van der Waals surface area contributed by atoms with Crippen LogP contribution in [0, 0.1) is 17.3 Å². The number of hydrogen-bond acceptors (Lipinski definition) is 9. The van der Waals surface area contributed by atoms with Crippen LogP contribution in [0.3, 0.4) is 0 Å². The van der Waals surface area contributed by atoms with Crippen LogP contribution < -0.4 is 5.43 Å². The van der Waals surface area contributed by atoms with Gasteiger partial charge in [0, 0.05) is 43.2 Å². The van der Waals surface area contributed by atoms with Crippen molar-refractivity contribution in [3.63, 3.8) is 0 Å². The van der Waals surface area contributed by atoms with Gasteiger partial charge in [-0.05, 0) is 86.5 Å². The van der Waals surface area contributed by atoms with Crippen LogP contribution in [0.4, 0.5) is 0 Å². The van der Waals surface area contributed by atoms with Crippen LogP contribution in [0.1, 0.15) is 77.3 Å². The van der Waals surface area contributed by atoms with Crippen molar-refractivity contribution in [2.45, 2.75) is 76.1 Å². The molecule has 2 aliphatic carbocycles. The Morgan fingerprint density at radius 2 is 1.56 bits per heavy atom. The Morgan fingerprint density at radius 3 is 1.97 bits per heavy atom. The number of Topliss-reactive ketones (excluding diaryl/α,β-unsaturated/α-hetero) is 1. The molecule has 0 radical (unpaired) electrons. The van der Waals surface area contributed by atoms with Gasteiger partial charge in [-0.3, -0.25) is 29.5 Å². The van der Waals surface area contributed by atoms with E-state index in [-0.39, 0.29) is 60.1 Å². The van der Waals surface area contributed by atoms with Crippen molar-refractivity contribution in [1.29, 1.82) is 0 Å². The number of carboxylic acids is 1. The molecule has 10 nitrogen and oxygen atoms in total. The number of halogens is 5. The lowest BCUT2D eigenvalue weighted by Crippen LogP contribution is -2.40. The maximum absolute atomic E-state index is 12.5. The fraction of sp³-hybridized carbons (Fsp3) is 0.477. The highest BCUT2D eigenvalue weighted by molar-refractivity contribution is 8.22. The monoisotopic (exact) mass is 976 g/mol. The number of thiocarbonyl (C=S) groups is 1. The predicted molar refractivity (Wildman–Crippen MR) is 256 cm³/mol. The molecule has 3 unspecified atom stereocenters. The van der Waals surface area contributed by atoms with Gasteiger partial charge < -0.3 is 14.7 Å². The molecule has 0 bridgehead atoms. The number of hydrazine groups is 1. The normalized spacial score (nSPS) is 19.4. The number of aliphatic carboxylic acids is 1. The Morgan fingerprint density at radius 1 is 1.03 bits per heavy atom. The Balaban J connectivity index is 0.000000297. The molecular weight excluding hydrogens is 922 g/mol. The van der Waals surface area contributed by atoms with Gasteiger partial charge in [-0.15, -0.1) is 6.58 Å². The van der Waals surface area contributed by atoms with Crippen molar-refractivity contribution in [3.8, 4) is 0 Å². The van der Waals surface area contributed by atoms with E-state index in [9.17, 15) is 19.2 Å². The van der Waals surface area contributed by atoms with Crippen molar-refractivity contribution >= 4 is 110 Å². The summed E-state index contributed by atoms with van der Waals surface area (Å²) in [5, 5.41) is 11.0. The number of benzene rings is 2. The number of carbonyl (C=O) groups excluding carboxylic acids is 3. The number of ketones is 1. The van der Waals surface area contributed by atoms with Crippen LogP contribution in [-0.4, -0.2) is 98.5 Å². The van der Waals surface area contributed by atoms with Crippen molar-refractivity contribution < 1.29 is 29.0 Å². The van der Waals surface area contributed by atoms with Gasteiger partial charge >= 0.3 is 11.9 Å². The third-order valence-electron chi connectivity index (χ3n) is 9.77.